The standard InChI is InChI=1S/C21H20F3N3O6S/c1-3-10-27(16-8-5-7-15(12-16)21(22,23)24)34(31,32)17-9-4-6-14(11-17)19(29)33-13(2)18(28)26-20(25)30/h3-9,11-13H,1,10H2,2H3,(H3,25,26,28,30)/t13-/m1/s1. The molecule has 0 radical (unpaired) electrons. The van der Waals surface area contributed by atoms with E-state index in [0.717, 1.165) is 31.2 Å². The van der Waals surface area contributed by atoms with Gasteiger partial charge in [0, 0.05) is 0 Å². The lowest BCUT2D eigenvalue weighted by Crippen LogP contribution is -2.42. The third-order valence-electron chi connectivity index (χ3n) is 4.31. The van der Waals surface area contributed by atoms with Gasteiger partial charge < -0.3 is 10.5 Å². The van der Waals surface area contributed by atoms with E-state index in [0.29, 0.717) is 10.4 Å². The first kappa shape index (κ1) is 26.4. The number of sulfonamides is 1. The highest BCUT2D eigenvalue weighted by molar-refractivity contribution is 7.92. The number of halogens is 3. The molecule has 0 saturated carbocycles. The Hall–Kier alpha value is -3.87. The van der Waals surface area contributed by atoms with Crippen molar-refractivity contribution >= 4 is 33.6 Å². The van der Waals surface area contributed by atoms with Gasteiger partial charge in [0.2, 0.25) is 0 Å². The van der Waals surface area contributed by atoms with Crippen molar-refractivity contribution < 1.29 is 40.7 Å². The van der Waals surface area contributed by atoms with E-state index >= 15 is 0 Å². The van der Waals surface area contributed by atoms with Crippen LogP contribution in [-0.2, 0) is 25.7 Å². The van der Waals surface area contributed by atoms with Crippen LogP contribution >= 0.6 is 0 Å². The number of rotatable bonds is 8. The van der Waals surface area contributed by atoms with Crippen LogP contribution in [0.1, 0.15) is 22.8 Å². The molecule has 0 saturated heterocycles. The maximum atomic E-state index is 13.2. The first-order chi connectivity index (χ1) is 15.8. The summed E-state index contributed by atoms with van der Waals surface area (Å²) in [7, 11) is -4.45. The second kappa shape index (κ2) is 10.4. The summed E-state index contributed by atoms with van der Waals surface area (Å²) in [6, 6.07) is 7.09. The number of anilines is 1. The number of urea groups is 1. The summed E-state index contributed by atoms with van der Waals surface area (Å²) >= 11 is 0. The molecule has 0 unspecified atom stereocenters. The third-order valence-corrected chi connectivity index (χ3v) is 6.10. The fraction of sp³-hybridized carbons (Fsp3) is 0.190. The van der Waals surface area contributed by atoms with E-state index in [1.165, 1.54) is 24.3 Å². The Balaban J connectivity index is 2.39. The number of alkyl halides is 3. The van der Waals surface area contributed by atoms with Crippen LogP contribution in [0.15, 0.2) is 66.1 Å². The zero-order valence-corrected chi connectivity index (χ0v) is 18.5. The quantitative estimate of drug-likeness (QED) is 0.424. The highest BCUT2D eigenvalue weighted by Gasteiger charge is 2.32. The second-order valence-corrected chi connectivity index (χ2v) is 8.66. The molecule has 0 aromatic heterocycles. The van der Waals surface area contributed by atoms with Crippen LogP contribution in [0, 0.1) is 0 Å². The number of carbonyl (C=O) groups excluding carboxylic acids is 3. The van der Waals surface area contributed by atoms with E-state index in [2.05, 4.69) is 6.58 Å². The molecule has 3 amide bonds. The number of primary amides is 1. The fourth-order valence-electron chi connectivity index (χ4n) is 2.71. The molecular formula is C21H20F3N3O6S. The number of hydrogen-bond donors (Lipinski definition) is 2. The van der Waals surface area contributed by atoms with Crippen LogP contribution in [0.25, 0.3) is 0 Å². The lowest BCUT2D eigenvalue weighted by atomic mass is 10.2. The summed E-state index contributed by atoms with van der Waals surface area (Å²) in [5.74, 6) is -2.08. The molecule has 0 heterocycles. The predicted molar refractivity (Wildman–Crippen MR) is 115 cm³/mol. The second-order valence-electron chi connectivity index (χ2n) is 6.80. The number of nitrogens with two attached hydrogens (primary N) is 1. The minimum atomic E-state index is -4.69. The number of nitrogens with zero attached hydrogens (tertiary/aromatic N) is 1. The molecule has 2 rings (SSSR count). The van der Waals surface area contributed by atoms with Gasteiger partial charge in [0.1, 0.15) is 0 Å². The van der Waals surface area contributed by atoms with Gasteiger partial charge in [-0.25, -0.2) is 18.0 Å². The molecule has 0 spiro atoms. The van der Waals surface area contributed by atoms with Gasteiger partial charge in [-0.05, 0) is 43.3 Å². The fourth-order valence-corrected chi connectivity index (χ4v) is 4.19. The molecule has 0 aliphatic rings. The molecule has 0 aliphatic heterocycles. The topological polar surface area (TPSA) is 136 Å². The maximum Gasteiger partial charge on any atom is 0.416 e. The first-order valence-corrected chi connectivity index (χ1v) is 10.9. The Morgan fingerprint density at radius 2 is 1.82 bits per heavy atom. The lowest BCUT2D eigenvalue weighted by Gasteiger charge is -2.24. The van der Waals surface area contributed by atoms with E-state index < -0.39 is 50.7 Å². The zero-order valence-electron chi connectivity index (χ0n) is 17.7. The number of imide groups is 1. The molecular weight excluding hydrogens is 479 g/mol. The molecule has 2 aromatic carbocycles. The molecule has 0 bridgehead atoms. The maximum absolute atomic E-state index is 13.2. The molecule has 1 atom stereocenters. The van der Waals surface area contributed by atoms with Crippen molar-refractivity contribution in [3.05, 3.63) is 72.3 Å². The molecule has 2 aromatic rings. The van der Waals surface area contributed by atoms with E-state index in [1.807, 2.05) is 0 Å². The highest BCUT2D eigenvalue weighted by atomic mass is 32.2. The van der Waals surface area contributed by atoms with Crippen LogP contribution in [-0.4, -0.2) is 39.0 Å². The van der Waals surface area contributed by atoms with Crippen molar-refractivity contribution in [2.24, 2.45) is 5.73 Å². The molecule has 9 nitrogen and oxygen atoms in total. The Kier molecular flexibility index (Phi) is 8.05. The number of benzene rings is 2. The molecule has 182 valence electrons. The Morgan fingerprint density at radius 3 is 2.41 bits per heavy atom. The lowest BCUT2D eigenvalue weighted by molar-refractivity contribution is -0.137. The number of hydrogen-bond acceptors (Lipinski definition) is 6. The average Bonchev–Trinajstić information content (AvgIpc) is 2.76. The van der Waals surface area contributed by atoms with Crippen molar-refractivity contribution in [3.8, 4) is 0 Å². The first-order valence-electron chi connectivity index (χ1n) is 9.49. The monoisotopic (exact) mass is 499 g/mol. The average molecular weight is 499 g/mol. The van der Waals surface area contributed by atoms with E-state index in [4.69, 9.17) is 10.5 Å². The van der Waals surface area contributed by atoms with E-state index in [-0.39, 0.29) is 17.8 Å². The van der Waals surface area contributed by atoms with Crippen LogP contribution in [0.5, 0.6) is 0 Å². The summed E-state index contributed by atoms with van der Waals surface area (Å²) in [6.07, 6.45) is -4.93. The van der Waals surface area contributed by atoms with Gasteiger partial charge in [0.25, 0.3) is 15.9 Å². The summed E-state index contributed by atoms with van der Waals surface area (Å²) < 4.78 is 71.4. The van der Waals surface area contributed by atoms with Crippen LogP contribution in [0.4, 0.5) is 23.7 Å². The minimum Gasteiger partial charge on any atom is -0.449 e. The Morgan fingerprint density at radius 1 is 1.18 bits per heavy atom. The van der Waals surface area contributed by atoms with Crippen LogP contribution < -0.4 is 15.4 Å². The van der Waals surface area contributed by atoms with Crippen molar-refractivity contribution in [2.75, 3.05) is 10.8 Å². The number of carbonyl (C=O) groups is 3. The normalized spacial score (nSPS) is 12.4. The molecule has 13 heteroatoms. The Labute approximate surface area is 193 Å². The summed E-state index contributed by atoms with van der Waals surface area (Å²) in [6.45, 7) is 4.25. The van der Waals surface area contributed by atoms with Gasteiger partial charge in [0.05, 0.1) is 28.3 Å². The third kappa shape index (κ3) is 6.34. The van der Waals surface area contributed by atoms with Crippen LogP contribution in [0.2, 0.25) is 0 Å². The Bertz CT molecular complexity index is 1210. The van der Waals surface area contributed by atoms with Crippen molar-refractivity contribution in [3.63, 3.8) is 0 Å². The number of esters is 1. The molecule has 0 aliphatic carbocycles. The molecule has 34 heavy (non-hydrogen) atoms. The summed E-state index contributed by atoms with van der Waals surface area (Å²) in [5.41, 5.74) is 3.25. The highest BCUT2D eigenvalue weighted by Crippen LogP contribution is 2.33. The minimum absolute atomic E-state index is 0.262. The van der Waals surface area contributed by atoms with Gasteiger partial charge in [-0.3, -0.25) is 14.4 Å². The zero-order chi connectivity index (χ0) is 25.7. The summed E-state index contributed by atoms with van der Waals surface area (Å²) in [5, 5.41) is 1.73. The molecule has 3 N–H and O–H groups in total. The van der Waals surface area contributed by atoms with Crippen molar-refractivity contribution in [2.45, 2.75) is 24.1 Å². The van der Waals surface area contributed by atoms with Crippen LogP contribution in [0.3, 0.4) is 0 Å². The van der Waals surface area contributed by atoms with Crippen molar-refractivity contribution in [1.29, 1.82) is 0 Å². The van der Waals surface area contributed by atoms with Gasteiger partial charge in [-0.2, -0.15) is 13.2 Å². The van der Waals surface area contributed by atoms with E-state index in [9.17, 15) is 36.0 Å². The largest absolute Gasteiger partial charge is 0.449 e. The smallest absolute Gasteiger partial charge is 0.416 e. The number of nitrogens with one attached hydrogen (secondary N) is 1. The number of amides is 3. The van der Waals surface area contributed by atoms with Crippen molar-refractivity contribution in [1.82, 2.24) is 5.32 Å². The van der Waals surface area contributed by atoms with Gasteiger partial charge in [0.15, 0.2) is 6.10 Å². The summed E-state index contributed by atoms with van der Waals surface area (Å²) in [4.78, 5) is 34.4. The SMILES string of the molecule is C=CCN(c1cccc(C(F)(F)F)c1)S(=O)(=O)c1cccc(C(=O)O[C@H](C)C(=O)NC(N)=O)c1. The van der Waals surface area contributed by atoms with E-state index in [1.54, 1.807) is 5.32 Å². The van der Waals surface area contributed by atoms with Gasteiger partial charge in [-0.1, -0.05) is 18.2 Å². The predicted octanol–water partition coefficient (Wildman–Crippen LogP) is 2.83. The van der Waals surface area contributed by atoms with Gasteiger partial charge in [-0.15, -0.1) is 6.58 Å². The molecule has 0 fully saturated rings. The number of ether oxygens (including phenoxy) is 1. The van der Waals surface area contributed by atoms with Gasteiger partial charge >= 0.3 is 18.2 Å².